The van der Waals surface area contributed by atoms with Crippen LogP contribution in [0.25, 0.3) is 6.08 Å². The molecule has 0 bridgehead atoms. The summed E-state index contributed by atoms with van der Waals surface area (Å²) < 4.78 is 37.1. The standard InChI is InChI=1S/C14H9F2NO4/c1-14(2)20-12(18)9(13(19)21-14)5-8-10(15)4-3-7(6-17)11(8)16/h3-5H,1-2H3. The number of hydrogen-bond donors (Lipinski definition) is 0. The topological polar surface area (TPSA) is 76.4 Å². The second-order valence-electron chi connectivity index (χ2n) is 4.67. The van der Waals surface area contributed by atoms with Gasteiger partial charge in [0.15, 0.2) is 5.82 Å². The summed E-state index contributed by atoms with van der Waals surface area (Å²) in [6.07, 6.45) is 0.672. The summed E-state index contributed by atoms with van der Waals surface area (Å²) in [5, 5.41) is 8.70. The number of nitrogens with zero attached hydrogens (tertiary/aromatic N) is 1. The van der Waals surface area contributed by atoms with Gasteiger partial charge < -0.3 is 9.47 Å². The number of carbonyl (C=O) groups is 2. The van der Waals surface area contributed by atoms with Gasteiger partial charge in [-0.05, 0) is 18.2 Å². The number of hydrogen-bond acceptors (Lipinski definition) is 5. The van der Waals surface area contributed by atoms with Crippen molar-refractivity contribution in [2.45, 2.75) is 19.6 Å². The molecule has 0 N–H and O–H groups in total. The molecule has 7 heteroatoms. The first-order valence-electron chi connectivity index (χ1n) is 5.81. The van der Waals surface area contributed by atoms with Crippen LogP contribution in [-0.4, -0.2) is 17.7 Å². The molecule has 5 nitrogen and oxygen atoms in total. The Balaban J connectivity index is 2.53. The minimum atomic E-state index is -1.45. The minimum Gasteiger partial charge on any atom is -0.419 e. The summed E-state index contributed by atoms with van der Waals surface area (Å²) in [6, 6.07) is 3.34. The van der Waals surface area contributed by atoms with E-state index in [9.17, 15) is 18.4 Å². The van der Waals surface area contributed by atoms with Gasteiger partial charge in [0.2, 0.25) is 0 Å². The maximum Gasteiger partial charge on any atom is 0.348 e. The lowest BCUT2D eigenvalue weighted by Gasteiger charge is -2.29. The zero-order chi connectivity index (χ0) is 15.8. The van der Waals surface area contributed by atoms with Crippen LogP contribution in [-0.2, 0) is 19.1 Å². The van der Waals surface area contributed by atoms with Crippen molar-refractivity contribution in [1.29, 1.82) is 5.26 Å². The van der Waals surface area contributed by atoms with Crippen molar-refractivity contribution in [3.05, 3.63) is 40.5 Å². The second kappa shape index (κ2) is 4.98. The monoisotopic (exact) mass is 293 g/mol. The van der Waals surface area contributed by atoms with Crippen LogP contribution in [0.15, 0.2) is 17.7 Å². The van der Waals surface area contributed by atoms with Crippen molar-refractivity contribution in [2.24, 2.45) is 0 Å². The quantitative estimate of drug-likeness (QED) is 0.450. The molecule has 0 amide bonds. The highest BCUT2D eigenvalue weighted by Gasteiger charge is 2.39. The maximum absolute atomic E-state index is 13.9. The van der Waals surface area contributed by atoms with Crippen molar-refractivity contribution in [2.75, 3.05) is 0 Å². The average molecular weight is 293 g/mol. The molecule has 0 atom stereocenters. The molecule has 108 valence electrons. The number of benzene rings is 1. The molecular weight excluding hydrogens is 284 g/mol. The van der Waals surface area contributed by atoms with Gasteiger partial charge >= 0.3 is 11.9 Å². The van der Waals surface area contributed by atoms with E-state index in [1.54, 1.807) is 0 Å². The molecule has 1 heterocycles. The number of halogens is 2. The van der Waals surface area contributed by atoms with Gasteiger partial charge in [-0.1, -0.05) is 0 Å². The third-order valence-corrected chi connectivity index (χ3v) is 2.65. The molecule has 0 unspecified atom stereocenters. The molecule has 0 saturated carbocycles. The molecule has 1 fully saturated rings. The Morgan fingerprint density at radius 1 is 1.19 bits per heavy atom. The van der Waals surface area contributed by atoms with Gasteiger partial charge in [-0.25, -0.2) is 18.4 Å². The molecule has 0 aromatic heterocycles. The molecular formula is C14H9F2NO4. The summed E-state index contributed by atoms with van der Waals surface area (Å²) in [5.74, 6) is -5.76. The molecule has 0 radical (unpaired) electrons. The lowest BCUT2D eigenvalue weighted by atomic mass is 10.1. The van der Waals surface area contributed by atoms with Crippen LogP contribution < -0.4 is 0 Å². The highest BCUT2D eigenvalue weighted by molar-refractivity contribution is 6.18. The van der Waals surface area contributed by atoms with Gasteiger partial charge in [-0.3, -0.25) is 0 Å². The first-order chi connectivity index (χ1) is 9.75. The van der Waals surface area contributed by atoms with Crippen molar-refractivity contribution in [3.63, 3.8) is 0 Å². The molecule has 0 aliphatic carbocycles. The van der Waals surface area contributed by atoms with Crippen LogP contribution >= 0.6 is 0 Å². The Kier molecular flexibility index (Phi) is 3.47. The van der Waals surface area contributed by atoms with Gasteiger partial charge in [0.25, 0.3) is 5.79 Å². The van der Waals surface area contributed by atoms with Crippen molar-refractivity contribution in [1.82, 2.24) is 0 Å². The van der Waals surface area contributed by atoms with Gasteiger partial charge in [0.05, 0.1) is 5.56 Å². The van der Waals surface area contributed by atoms with Crippen LogP contribution in [0.5, 0.6) is 0 Å². The summed E-state index contributed by atoms with van der Waals surface area (Å²) in [4.78, 5) is 23.4. The summed E-state index contributed by atoms with van der Waals surface area (Å²) in [6.45, 7) is 2.69. The van der Waals surface area contributed by atoms with E-state index in [0.29, 0.717) is 6.08 Å². The summed E-state index contributed by atoms with van der Waals surface area (Å²) in [5.41, 5.74) is -1.75. The first kappa shape index (κ1) is 14.7. The zero-order valence-corrected chi connectivity index (χ0v) is 11.1. The molecule has 1 saturated heterocycles. The van der Waals surface area contributed by atoms with Crippen LogP contribution in [0, 0.1) is 23.0 Å². The van der Waals surface area contributed by atoms with E-state index in [-0.39, 0.29) is 0 Å². The largest absolute Gasteiger partial charge is 0.419 e. The predicted molar refractivity (Wildman–Crippen MR) is 65.3 cm³/mol. The van der Waals surface area contributed by atoms with Crippen molar-refractivity contribution >= 4 is 18.0 Å². The average Bonchev–Trinajstić information content (AvgIpc) is 2.36. The lowest BCUT2D eigenvalue weighted by Crippen LogP contribution is -2.41. The first-order valence-corrected chi connectivity index (χ1v) is 5.81. The Labute approximate surface area is 118 Å². The number of esters is 2. The summed E-state index contributed by atoms with van der Waals surface area (Å²) in [7, 11) is 0. The number of cyclic esters (lactones) is 2. The van der Waals surface area contributed by atoms with Gasteiger partial charge in [0.1, 0.15) is 17.5 Å². The fourth-order valence-corrected chi connectivity index (χ4v) is 1.71. The fraction of sp³-hybridized carbons (Fsp3) is 0.214. The Hall–Kier alpha value is -2.75. The minimum absolute atomic E-state index is 0.416. The van der Waals surface area contributed by atoms with Gasteiger partial charge in [-0.2, -0.15) is 5.26 Å². The van der Waals surface area contributed by atoms with Gasteiger partial charge in [-0.15, -0.1) is 0 Å². The molecule has 21 heavy (non-hydrogen) atoms. The molecule has 1 aromatic carbocycles. The van der Waals surface area contributed by atoms with E-state index in [4.69, 9.17) is 14.7 Å². The van der Waals surface area contributed by atoms with Gasteiger partial charge in [0, 0.05) is 19.4 Å². The smallest absolute Gasteiger partial charge is 0.348 e. The maximum atomic E-state index is 13.9. The number of ether oxygens (including phenoxy) is 2. The molecule has 1 aliphatic heterocycles. The molecule has 1 aromatic rings. The van der Waals surface area contributed by atoms with E-state index in [1.807, 2.05) is 0 Å². The lowest BCUT2D eigenvalue weighted by molar-refractivity contribution is -0.222. The molecule has 0 spiro atoms. The number of nitriles is 1. The second-order valence-corrected chi connectivity index (χ2v) is 4.67. The highest BCUT2D eigenvalue weighted by Crippen LogP contribution is 2.26. The van der Waals surface area contributed by atoms with Crippen LogP contribution in [0.2, 0.25) is 0 Å². The van der Waals surface area contributed by atoms with E-state index in [1.165, 1.54) is 19.9 Å². The fourth-order valence-electron chi connectivity index (χ4n) is 1.71. The number of rotatable bonds is 1. The normalized spacial score (nSPS) is 16.8. The Bertz CT molecular complexity index is 694. The van der Waals surface area contributed by atoms with Crippen LogP contribution in [0.1, 0.15) is 25.0 Å². The molecule has 1 aliphatic rings. The van der Waals surface area contributed by atoms with Crippen LogP contribution in [0.3, 0.4) is 0 Å². The molecule has 2 rings (SSSR count). The van der Waals surface area contributed by atoms with E-state index >= 15 is 0 Å². The van der Waals surface area contributed by atoms with E-state index in [2.05, 4.69) is 0 Å². The SMILES string of the molecule is CC1(C)OC(=O)C(=Cc2c(F)ccc(C#N)c2F)C(=O)O1. The third-order valence-electron chi connectivity index (χ3n) is 2.65. The van der Waals surface area contributed by atoms with Crippen molar-refractivity contribution < 1.29 is 27.8 Å². The van der Waals surface area contributed by atoms with E-state index < -0.39 is 46.1 Å². The number of carbonyl (C=O) groups excluding carboxylic acids is 2. The summed E-state index contributed by atoms with van der Waals surface area (Å²) >= 11 is 0. The third kappa shape index (κ3) is 2.74. The predicted octanol–water partition coefficient (Wildman–Crippen LogP) is 2.06. The van der Waals surface area contributed by atoms with Crippen molar-refractivity contribution in [3.8, 4) is 6.07 Å². The Morgan fingerprint density at radius 2 is 1.76 bits per heavy atom. The highest BCUT2D eigenvalue weighted by atomic mass is 19.1. The van der Waals surface area contributed by atoms with E-state index in [0.717, 1.165) is 12.1 Å². The van der Waals surface area contributed by atoms with Crippen LogP contribution in [0.4, 0.5) is 8.78 Å². The zero-order valence-electron chi connectivity index (χ0n) is 11.1. The Morgan fingerprint density at radius 3 is 2.29 bits per heavy atom.